The molecule has 0 aliphatic carbocycles. The van der Waals surface area contributed by atoms with Crippen molar-refractivity contribution in [2.75, 3.05) is 0 Å². The molecule has 3 heteroatoms. The normalized spacial score (nSPS) is 10.8. The molecule has 0 atom stereocenters. The Labute approximate surface area is 114 Å². The van der Waals surface area contributed by atoms with Gasteiger partial charge in [0, 0.05) is 5.56 Å². The maximum absolute atomic E-state index is 10.9. The number of unbranched alkanes of at least 4 members (excludes halogenated alkanes) is 4. The molecule has 0 aromatic heterocycles. The highest BCUT2D eigenvalue weighted by atomic mass is 35.5. The van der Waals surface area contributed by atoms with E-state index in [1.165, 1.54) is 25.7 Å². The molecule has 0 aliphatic rings. The van der Waals surface area contributed by atoms with Gasteiger partial charge in [-0.15, -0.1) is 0 Å². The summed E-state index contributed by atoms with van der Waals surface area (Å²) in [5.74, 6) is 0.710. The number of benzene rings is 1. The van der Waals surface area contributed by atoms with Crippen molar-refractivity contribution in [2.45, 2.75) is 39.0 Å². The monoisotopic (exact) mass is 266 g/mol. The lowest BCUT2D eigenvalue weighted by Crippen LogP contribution is -1.88. The largest absolute Gasteiger partial charge is 0.465 e. The predicted octanol–water partition coefficient (Wildman–Crippen LogP) is 4.93. The minimum atomic E-state index is -0.451. The van der Waals surface area contributed by atoms with Crippen LogP contribution in [0.15, 0.2) is 36.6 Å². The van der Waals surface area contributed by atoms with Gasteiger partial charge < -0.3 is 4.74 Å². The lowest BCUT2D eigenvalue weighted by Gasteiger charge is -2.00. The molecule has 0 bridgehead atoms. The first-order chi connectivity index (χ1) is 8.74. The second-order valence-electron chi connectivity index (χ2n) is 4.14. The zero-order valence-corrected chi connectivity index (χ0v) is 11.5. The highest BCUT2D eigenvalue weighted by molar-refractivity contribution is 6.67. The predicted molar refractivity (Wildman–Crippen MR) is 75.2 cm³/mol. The second-order valence-corrected chi connectivity index (χ2v) is 4.48. The Morgan fingerprint density at radius 3 is 2.56 bits per heavy atom. The number of ether oxygens (including phenoxy) is 1. The fourth-order valence-corrected chi connectivity index (χ4v) is 1.67. The van der Waals surface area contributed by atoms with Crippen molar-refractivity contribution in [1.82, 2.24) is 0 Å². The molecule has 0 amide bonds. The summed E-state index contributed by atoms with van der Waals surface area (Å²) in [7, 11) is 0. The molecular formula is C15H19ClO2. The summed E-state index contributed by atoms with van der Waals surface area (Å²) in [6.45, 7) is 2.20. The van der Waals surface area contributed by atoms with Gasteiger partial charge >= 0.3 is 0 Å². The third-order valence-electron chi connectivity index (χ3n) is 2.61. The van der Waals surface area contributed by atoms with E-state index in [2.05, 4.69) is 6.92 Å². The van der Waals surface area contributed by atoms with Gasteiger partial charge in [0.05, 0.1) is 6.26 Å². The van der Waals surface area contributed by atoms with E-state index in [0.717, 1.165) is 6.42 Å². The zero-order valence-electron chi connectivity index (χ0n) is 10.7. The molecule has 0 saturated heterocycles. The van der Waals surface area contributed by atoms with Crippen LogP contribution in [0.3, 0.4) is 0 Å². The first-order valence-electron chi connectivity index (χ1n) is 6.35. The van der Waals surface area contributed by atoms with Crippen molar-refractivity contribution >= 4 is 16.8 Å². The highest BCUT2D eigenvalue weighted by Crippen LogP contribution is 2.14. The SMILES string of the molecule is CCCCCCC=COc1ccc(C(=O)Cl)cc1. The summed E-state index contributed by atoms with van der Waals surface area (Å²) < 4.78 is 5.41. The number of allylic oxidation sites excluding steroid dienone is 1. The van der Waals surface area contributed by atoms with E-state index in [0.29, 0.717) is 11.3 Å². The van der Waals surface area contributed by atoms with Crippen molar-refractivity contribution in [1.29, 1.82) is 0 Å². The van der Waals surface area contributed by atoms with Crippen LogP contribution in [0.1, 0.15) is 49.4 Å². The van der Waals surface area contributed by atoms with E-state index in [1.54, 1.807) is 30.5 Å². The number of carbonyl (C=O) groups excluding carboxylic acids is 1. The lowest BCUT2D eigenvalue weighted by atomic mass is 10.1. The summed E-state index contributed by atoms with van der Waals surface area (Å²) in [5.41, 5.74) is 0.479. The Hall–Kier alpha value is -1.28. The van der Waals surface area contributed by atoms with Crippen molar-refractivity contribution in [3.63, 3.8) is 0 Å². The van der Waals surface area contributed by atoms with E-state index < -0.39 is 5.24 Å². The second kappa shape index (κ2) is 8.76. The van der Waals surface area contributed by atoms with Gasteiger partial charge in [-0.3, -0.25) is 4.79 Å². The summed E-state index contributed by atoms with van der Waals surface area (Å²) in [6.07, 6.45) is 9.78. The third-order valence-corrected chi connectivity index (χ3v) is 2.82. The summed E-state index contributed by atoms with van der Waals surface area (Å²) >= 11 is 5.35. The van der Waals surface area contributed by atoms with Crippen LogP contribution in [0.25, 0.3) is 0 Å². The average Bonchev–Trinajstić information content (AvgIpc) is 2.38. The topological polar surface area (TPSA) is 26.3 Å². The average molecular weight is 267 g/mol. The van der Waals surface area contributed by atoms with E-state index >= 15 is 0 Å². The first kappa shape index (κ1) is 14.8. The molecule has 1 rings (SSSR count). The lowest BCUT2D eigenvalue weighted by molar-refractivity contribution is 0.108. The maximum atomic E-state index is 10.9. The molecule has 0 N–H and O–H groups in total. The van der Waals surface area contributed by atoms with Gasteiger partial charge in [-0.25, -0.2) is 0 Å². The number of carbonyl (C=O) groups is 1. The van der Waals surface area contributed by atoms with Crippen LogP contribution in [-0.2, 0) is 0 Å². The highest BCUT2D eigenvalue weighted by Gasteiger charge is 2.00. The molecular weight excluding hydrogens is 248 g/mol. The molecule has 18 heavy (non-hydrogen) atoms. The van der Waals surface area contributed by atoms with Crippen molar-refractivity contribution in [3.8, 4) is 5.75 Å². The first-order valence-corrected chi connectivity index (χ1v) is 6.73. The Morgan fingerprint density at radius 1 is 1.22 bits per heavy atom. The van der Waals surface area contributed by atoms with Crippen LogP contribution >= 0.6 is 11.6 Å². The number of hydrogen-bond donors (Lipinski definition) is 0. The molecule has 1 aromatic carbocycles. The van der Waals surface area contributed by atoms with E-state index in [9.17, 15) is 4.79 Å². The molecule has 1 aromatic rings. The molecule has 0 heterocycles. The van der Waals surface area contributed by atoms with Crippen LogP contribution in [0.2, 0.25) is 0 Å². The molecule has 0 aliphatic heterocycles. The molecule has 98 valence electrons. The van der Waals surface area contributed by atoms with Crippen LogP contribution in [0.4, 0.5) is 0 Å². The van der Waals surface area contributed by atoms with Gasteiger partial charge in [0.25, 0.3) is 5.24 Å². The standard InChI is InChI=1S/C15H19ClO2/c1-2-3-4-5-6-7-12-18-14-10-8-13(9-11-14)15(16)17/h7-12H,2-6H2,1H3. The van der Waals surface area contributed by atoms with Gasteiger partial charge in [0.1, 0.15) is 5.75 Å². The van der Waals surface area contributed by atoms with Crippen molar-refractivity contribution in [2.24, 2.45) is 0 Å². The van der Waals surface area contributed by atoms with E-state index in [-0.39, 0.29) is 0 Å². The Morgan fingerprint density at radius 2 is 1.94 bits per heavy atom. The molecule has 2 nitrogen and oxygen atoms in total. The summed E-state index contributed by atoms with van der Waals surface area (Å²) in [5, 5.41) is -0.451. The van der Waals surface area contributed by atoms with Crippen LogP contribution in [0.5, 0.6) is 5.75 Å². The van der Waals surface area contributed by atoms with Crippen molar-refractivity contribution in [3.05, 3.63) is 42.2 Å². The Kier molecular flexibility index (Phi) is 7.19. The quantitative estimate of drug-likeness (QED) is 0.379. The molecule has 0 saturated carbocycles. The Balaban J connectivity index is 2.26. The van der Waals surface area contributed by atoms with E-state index in [1.807, 2.05) is 6.08 Å². The molecule has 0 unspecified atom stereocenters. The zero-order chi connectivity index (χ0) is 13.2. The van der Waals surface area contributed by atoms with Gasteiger partial charge in [0.2, 0.25) is 0 Å². The number of rotatable bonds is 8. The molecule has 0 fully saturated rings. The fraction of sp³-hybridized carbons (Fsp3) is 0.400. The summed E-state index contributed by atoms with van der Waals surface area (Å²) in [4.78, 5) is 10.9. The van der Waals surface area contributed by atoms with Crippen molar-refractivity contribution < 1.29 is 9.53 Å². The van der Waals surface area contributed by atoms with Gasteiger partial charge in [0.15, 0.2) is 0 Å². The minimum Gasteiger partial charge on any atom is -0.465 e. The van der Waals surface area contributed by atoms with Crippen LogP contribution in [0, 0.1) is 0 Å². The Bertz CT molecular complexity index is 382. The minimum absolute atomic E-state index is 0.451. The van der Waals surface area contributed by atoms with Gasteiger partial charge in [-0.2, -0.15) is 0 Å². The molecule has 0 spiro atoms. The smallest absolute Gasteiger partial charge is 0.252 e. The maximum Gasteiger partial charge on any atom is 0.252 e. The molecule has 0 radical (unpaired) electrons. The van der Waals surface area contributed by atoms with Crippen LogP contribution in [-0.4, -0.2) is 5.24 Å². The van der Waals surface area contributed by atoms with Crippen LogP contribution < -0.4 is 4.74 Å². The van der Waals surface area contributed by atoms with E-state index in [4.69, 9.17) is 16.3 Å². The third kappa shape index (κ3) is 5.87. The fourth-order valence-electron chi connectivity index (χ4n) is 1.55. The van der Waals surface area contributed by atoms with Gasteiger partial charge in [-0.05, 0) is 54.8 Å². The van der Waals surface area contributed by atoms with Gasteiger partial charge in [-0.1, -0.05) is 26.2 Å². The number of halogens is 1. The number of hydrogen-bond acceptors (Lipinski definition) is 2. The summed E-state index contributed by atoms with van der Waals surface area (Å²) in [6, 6.07) is 6.77.